The van der Waals surface area contributed by atoms with Gasteiger partial charge in [-0.1, -0.05) is 55.0 Å². The summed E-state index contributed by atoms with van der Waals surface area (Å²) >= 11 is 0. The molecule has 2 aliphatic carbocycles. The molecule has 2 aromatic rings. The van der Waals surface area contributed by atoms with E-state index in [0.29, 0.717) is 0 Å². The number of hydrogen-bond acceptors (Lipinski definition) is 4. The molecule has 7 nitrogen and oxygen atoms in total. The van der Waals surface area contributed by atoms with Crippen LogP contribution in [0.3, 0.4) is 0 Å². The Morgan fingerprint density at radius 2 is 1.67 bits per heavy atom. The fraction of sp³-hybridized carbons (Fsp3) is 0.423. The molecule has 0 heterocycles. The molecule has 0 bridgehead atoms. The summed E-state index contributed by atoms with van der Waals surface area (Å²) in [6, 6.07) is 15.8. The molecule has 33 heavy (non-hydrogen) atoms. The standard InChI is InChI=1S/C26H30N2O5/c1-16(13-24(29)28-23-12-6-7-17(23)14-25(30)31)27-26(32)33-15-22-20-10-4-2-8-18(20)19-9-3-5-11-21(19)22/h2-5,8-11,16-17,22-23H,6-7,12-15H2,1H3,(H,27,32)(H,28,29)(H,30,31)/t16-,17?,23?/m0/s1. The number of alkyl carbamates (subject to hydrolysis) is 1. The van der Waals surface area contributed by atoms with Gasteiger partial charge in [-0.05, 0) is 47.9 Å². The number of benzene rings is 2. The number of nitrogens with one attached hydrogen (secondary N) is 2. The molecular formula is C26H30N2O5. The smallest absolute Gasteiger partial charge is 0.407 e. The predicted octanol–water partition coefficient (Wildman–Crippen LogP) is 4.06. The average Bonchev–Trinajstić information content (AvgIpc) is 3.33. The third-order valence-corrected chi connectivity index (χ3v) is 6.64. The van der Waals surface area contributed by atoms with E-state index in [2.05, 4.69) is 34.9 Å². The van der Waals surface area contributed by atoms with Gasteiger partial charge in [0.15, 0.2) is 0 Å². The van der Waals surface area contributed by atoms with Crippen LogP contribution in [0.15, 0.2) is 48.5 Å². The van der Waals surface area contributed by atoms with Gasteiger partial charge in [0.1, 0.15) is 6.61 Å². The highest BCUT2D eigenvalue weighted by Gasteiger charge is 2.31. The first kappa shape index (κ1) is 22.8. The summed E-state index contributed by atoms with van der Waals surface area (Å²) in [6.07, 6.45) is 2.14. The largest absolute Gasteiger partial charge is 0.481 e. The SMILES string of the molecule is C[C@@H](CC(=O)NC1CCCC1CC(=O)O)NC(=O)OCC1c2ccccc2-c2ccccc21. The van der Waals surface area contributed by atoms with Gasteiger partial charge < -0.3 is 20.5 Å². The van der Waals surface area contributed by atoms with Gasteiger partial charge in [0.05, 0.1) is 6.42 Å². The second-order valence-corrected chi connectivity index (χ2v) is 9.04. The zero-order valence-corrected chi connectivity index (χ0v) is 18.8. The molecule has 3 N–H and O–H groups in total. The normalized spacial score (nSPS) is 19.9. The molecule has 2 aliphatic rings. The second kappa shape index (κ2) is 10.1. The van der Waals surface area contributed by atoms with Crippen LogP contribution in [0, 0.1) is 5.92 Å². The number of fused-ring (bicyclic) bond motifs is 3. The fourth-order valence-corrected chi connectivity index (χ4v) is 5.13. The molecule has 0 saturated heterocycles. The Kier molecular flexibility index (Phi) is 6.96. The van der Waals surface area contributed by atoms with E-state index in [9.17, 15) is 14.4 Å². The number of aliphatic carboxylic acids is 1. The monoisotopic (exact) mass is 450 g/mol. The van der Waals surface area contributed by atoms with E-state index >= 15 is 0 Å². The molecule has 1 saturated carbocycles. The Bertz CT molecular complexity index is 991. The maximum Gasteiger partial charge on any atom is 0.407 e. The second-order valence-electron chi connectivity index (χ2n) is 9.04. The van der Waals surface area contributed by atoms with E-state index in [-0.39, 0.29) is 43.2 Å². The predicted molar refractivity (Wildman–Crippen MR) is 124 cm³/mol. The van der Waals surface area contributed by atoms with Crippen LogP contribution in [0.5, 0.6) is 0 Å². The number of carbonyl (C=O) groups excluding carboxylic acids is 2. The number of carbonyl (C=O) groups is 3. The quantitative estimate of drug-likeness (QED) is 0.563. The third-order valence-electron chi connectivity index (χ3n) is 6.64. The number of rotatable bonds is 8. The number of ether oxygens (including phenoxy) is 1. The molecular weight excluding hydrogens is 420 g/mol. The summed E-state index contributed by atoms with van der Waals surface area (Å²) in [5.41, 5.74) is 4.62. The first-order valence-electron chi connectivity index (χ1n) is 11.5. The average molecular weight is 451 g/mol. The molecule has 0 aliphatic heterocycles. The Hall–Kier alpha value is -3.35. The molecule has 0 radical (unpaired) electrons. The van der Waals surface area contributed by atoms with Gasteiger partial charge in [0.2, 0.25) is 5.91 Å². The molecule has 0 spiro atoms. The minimum Gasteiger partial charge on any atom is -0.481 e. The third kappa shape index (κ3) is 5.35. The maximum absolute atomic E-state index is 12.4. The molecule has 4 rings (SSSR count). The van der Waals surface area contributed by atoms with Crippen molar-refractivity contribution in [1.82, 2.24) is 10.6 Å². The molecule has 2 aromatic carbocycles. The summed E-state index contributed by atoms with van der Waals surface area (Å²) < 4.78 is 5.54. The number of hydrogen-bond donors (Lipinski definition) is 3. The highest BCUT2D eigenvalue weighted by molar-refractivity contribution is 5.80. The lowest BCUT2D eigenvalue weighted by molar-refractivity contribution is -0.138. The van der Waals surface area contributed by atoms with E-state index in [1.165, 1.54) is 11.1 Å². The lowest BCUT2D eigenvalue weighted by Crippen LogP contribution is -2.42. The van der Waals surface area contributed by atoms with Crippen molar-refractivity contribution in [2.75, 3.05) is 6.61 Å². The lowest BCUT2D eigenvalue weighted by Gasteiger charge is -2.21. The summed E-state index contributed by atoms with van der Waals surface area (Å²) in [6.45, 7) is 1.97. The van der Waals surface area contributed by atoms with Crippen LogP contribution >= 0.6 is 0 Å². The van der Waals surface area contributed by atoms with Gasteiger partial charge in [-0.25, -0.2) is 4.79 Å². The van der Waals surface area contributed by atoms with Crippen molar-refractivity contribution in [2.24, 2.45) is 5.92 Å². The van der Waals surface area contributed by atoms with Crippen LogP contribution in [0.1, 0.15) is 56.1 Å². The molecule has 2 amide bonds. The number of carboxylic acid groups (broad SMARTS) is 1. The van der Waals surface area contributed by atoms with Crippen molar-refractivity contribution in [1.29, 1.82) is 0 Å². The van der Waals surface area contributed by atoms with E-state index in [0.717, 1.165) is 30.4 Å². The molecule has 7 heteroatoms. The van der Waals surface area contributed by atoms with Gasteiger partial charge in [0, 0.05) is 24.4 Å². The summed E-state index contributed by atoms with van der Waals surface area (Å²) in [4.78, 5) is 35.8. The molecule has 0 aromatic heterocycles. The van der Waals surface area contributed by atoms with Crippen LogP contribution in [0.2, 0.25) is 0 Å². The van der Waals surface area contributed by atoms with Gasteiger partial charge in [-0.15, -0.1) is 0 Å². The number of amides is 2. The van der Waals surface area contributed by atoms with Crippen LogP contribution in [-0.2, 0) is 14.3 Å². The molecule has 174 valence electrons. The highest BCUT2D eigenvalue weighted by Crippen LogP contribution is 2.44. The first-order chi connectivity index (χ1) is 15.9. The highest BCUT2D eigenvalue weighted by atomic mass is 16.5. The van der Waals surface area contributed by atoms with Crippen LogP contribution in [-0.4, -0.2) is 41.8 Å². The van der Waals surface area contributed by atoms with Gasteiger partial charge in [-0.2, -0.15) is 0 Å². The van der Waals surface area contributed by atoms with Crippen molar-refractivity contribution >= 4 is 18.0 Å². The van der Waals surface area contributed by atoms with Gasteiger partial charge in [0.25, 0.3) is 0 Å². The van der Waals surface area contributed by atoms with E-state index in [1.54, 1.807) is 6.92 Å². The van der Waals surface area contributed by atoms with Crippen LogP contribution in [0.4, 0.5) is 4.79 Å². The lowest BCUT2D eigenvalue weighted by atomic mass is 9.98. The molecule has 2 unspecified atom stereocenters. The van der Waals surface area contributed by atoms with Crippen molar-refractivity contribution in [3.63, 3.8) is 0 Å². The van der Waals surface area contributed by atoms with Gasteiger partial charge >= 0.3 is 12.1 Å². The van der Waals surface area contributed by atoms with Crippen molar-refractivity contribution < 1.29 is 24.2 Å². The zero-order chi connectivity index (χ0) is 23.4. The Morgan fingerprint density at radius 1 is 1.03 bits per heavy atom. The van der Waals surface area contributed by atoms with E-state index in [4.69, 9.17) is 9.84 Å². The number of carboxylic acids is 1. The maximum atomic E-state index is 12.4. The first-order valence-corrected chi connectivity index (χ1v) is 11.5. The minimum atomic E-state index is -0.841. The van der Waals surface area contributed by atoms with Crippen LogP contribution in [0.25, 0.3) is 11.1 Å². The summed E-state index contributed by atoms with van der Waals surface area (Å²) in [7, 11) is 0. The Labute approximate surface area is 193 Å². The fourth-order valence-electron chi connectivity index (χ4n) is 5.13. The van der Waals surface area contributed by atoms with Crippen molar-refractivity contribution in [3.8, 4) is 11.1 Å². The topological polar surface area (TPSA) is 105 Å². The van der Waals surface area contributed by atoms with Gasteiger partial charge in [-0.3, -0.25) is 9.59 Å². The minimum absolute atomic E-state index is 0.0183. The molecule has 3 atom stereocenters. The molecule has 1 fully saturated rings. The zero-order valence-electron chi connectivity index (χ0n) is 18.8. The summed E-state index contributed by atoms with van der Waals surface area (Å²) in [5, 5.41) is 14.7. The van der Waals surface area contributed by atoms with E-state index < -0.39 is 18.1 Å². The van der Waals surface area contributed by atoms with Crippen molar-refractivity contribution in [3.05, 3.63) is 59.7 Å². The van der Waals surface area contributed by atoms with E-state index in [1.807, 2.05) is 24.3 Å². The Morgan fingerprint density at radius 3 is 2.30 bits per heavy atom. The Balaban J connectivity index is 1.26. The van der Waals surface area contributed by atoms with Crippen LogP contribution < -0.4 is 10.6 Å². The van der Waals surface area contributed by atoms with Crippen molar-refractivity contribution in [2.45, 2.75) is 57.0 Å². The summed E-state index contributed by atoms with van der Waals surface area (Å²) in [5.74, 6) is -1.08.